The lowest BCUT2D eigenvalue weighted by Crippen LogP contribution is -2.53. The maximum absolute atomic E-state index is 11.8. The number of hydrogen-bond acceptors (Lipinski definition) is 8. The Balaban J connectivity index is 2.40. The number of carboxylic acid groups (broad SMARTS) is 4. The molecule has 4 N–H and O–H groups in total. The number of carbonyl (C=O) groups is 4. The molecule has 2 rings (SSSR count). The molecule has 1 aromatic rings. The van der Waals surface area contributed by atoms with Gasteiger partial charge in [-0.05, 0) is 23.5 Å². The average Bonchev–Trinajstić information content (AvgIpc) is 2.80. The molecule has 0 spiro atoms. The van der Waals surface area contributed by atoms with Gasteiger partial charge in [0.25, 0.3) is 0 Å². The van der Waals surface area contributed by atoms with Gasteiger partial charge in [-0.2, -0.15) is 0 Å². The highest BCUT2D eigenvalue weighted by Crippen LogP contribution is 2.18. The van der Waals surface area contributed by atoms with E-state index in [9.17, 15) is 39.6 Å². The first-order valence-electron chi connectivity index (χ1n) is 12.8. The molecule has 0 saturated carbocycles. The Bertz CT molecular complexity index is 940. The van der Waals surface area contributed by atoms with Crippen LogP contribution in [0.15, 0.2) is 24.3 Å². The van der Waals surface area contributed by atoms with E-state index in [2.05, 4.69) is 13.8 Å². The van der Waals surface area contributed by atoms with Crippen molar-refractivity contribution < 1.29 is 39.6 Å². The van der Waals surface area contributed by atoms with Crippen molar-refractivity contribution in [2.45, 2.75) is 32.2 Å². The van der Waals surface area contributed by atoms with Crippen LogP contribution >= 0.6 is 0 Å². The molecule has 0 aliphatic carbocycles. The van der Waals surface area contributed by atoms with Crippen LogP contribution in [0.1, 0.15) is 30.9 Å². The van der Waals surface area contributed by atoms with Gasteiger partial charge in [-0.15, -0.1) is 0 Å². The maximum Gasteiger partial charge on any atom is 0.317 e. The molecule has 1 fully saturated rings. The molecule has 38 heavy (non-hydrogen) atoms. The van der Waals surface area contributed by atoms with Crippen LogP contribution in [-0.2, 0) is 25.6 Å². The summed E-state index contributed by atoms with van der Waals surface area (Å²) >= 11 is 0. The van der Waals surface area contributed by atoms with Crippen LogP contribution in [0.5, 0.6) is 0 Å². The van der Waals surface area contributed by atoms with Crippen LogP contribution < -0.4 is 0 Å². The summed E-state index contributed by atoms with van der Waals surface area (Å²) in [5, 5.41) is 37.9. The second kappa shape index (κ2) is 15.4. The molecule has 1 atom stereocenters. The van der Waals surface area contributed by atoms with Crippen molar-refractivity contribution in [3.63, 3.8) is 0 Å². The largest absolute Gasteiger partial charge is 0.480 e. The average molecular weight is 537 g/mol. The Morgan fingerprint density at radius 1 is 0.684 bits per heavy atom. The Morgan fingerprint density at radius 2 is 1.11 bits per heavy atom. The summed E-state index contributed by atoms with van der Waals surface area (Å²) in [4.78, 5) is 53.2. The first kappa shape index (κ1) is 31.2. The van der Waals surface area contributed by atoms with E-state index in [1.165, 1.54) is 5.56 Å². The highest BCUT2D eigenvalue weighted by atomic mass is 16.4. The van der Waals surface area contributed by atoms with Gasteiger partial charge in [0.1, 0.15) is 0 Å². The lowest BCUT2D eigenvalue weighted by atomic mass is 9.98. The number of aliphatic carboxylic acids is 4. The Labute approximate surface area is 223 Å². The summed E-state index contributed by atoms with van der Waals surface area (Å²) < 4.78 is 0. The normalized spacial score (nSPS) is 19.5. The van der Waals surface area contributed by atoms with E-state index in [4.69, 9.17) is 0 Å². The molecule has 1 aromatic carbocycles. The monoisotopic (exact) mass is 536 g/mol. The van der Waals surface area contributed by atoms with Crippen molar-refractivity contribution in [2.75, 3.05) is 72.0 Å². The second-order valence-electron chi connectivity index (χ2n) is 10.1. The minimum Gasteiger partial charge on any atom is -0.480 e. The van der Waals surface area contributed by atoms with Crippen molar-refractivity contribution in [1.82, 2.24) is 19.6 Å². The van der Waals surface area contributed by atoms with Crippen molar-refractivity contribution in [2.24, 2.45) is 0 Å². The lowest BCUT2D eigenvalue weighted by Gasteiger charge is -2.37. The second-order valence-corrected chi connectivity index (χ2v) is 10.1. The number of benzene rings is 1. The highest BCUT2D eigenvalue weighted by Gasteiger charge is 2.27. The molecule has 1 aliphatic heterocycles. The number of nitrogens with zero attached hydrogens (tertiary/aromatic N) is 4. The molecule has 0 aromatic heterocycles. The molecular weight excluding hydrogens is 496 g/mol. The van der Waals surface area contributed by atoms with Crippen molar-refractivity contribution in [3.8, 4) is 0 Å². The van der Waals surface area contributed by atoms with Gasteiger partial charge in [-0.3, -0.25) is 38.8 Å². The molecule has 0 radical (unpaired) electrons. The van der Waals surface area contributed by atoms with E-state index in [0.29, 0.717) is 12.3 Å². The minimum atomic E-state index is -1.03. The molecule has 1 unspecified atom stereocenters. The third-order valence-electron chi connectivity index (χ3n) is 6.69. The van der Waals surface area contributed by atoms with Crippen LogP contribution in [-0.4, -0.2) is 142 Å². The third-order valence-corrected chi connectivity index (χ3v) is 6.69. The van der Waals surface area contributed by atoms with E-state index in [0.717, 1.165) is 5.56 Å². The highest BCUT2D eigenvalue weighted by molar-refractivity contribution is 5.70. The lowest BCUT2D eigenvalue weighted by molar-refractivity contribution is -0.142. The zero-order chi connectivity index (χ0) is 28.2. The summed E-state index contributed by atoms with van der Waals surface area (Å²) in [5.74, 6) is -3.75. The van der Waals surface area contributed by atoms with Gasteiger partial charge in [-0.25, -0.2) is 0 Å². The molecule has 1 aliphatic rings. The minimum absolute atomic E-state index is 0.251. The number of rotatable bonds is 11. The van der Waals surface area contributed by atoms with Crippen molar-refractivity contribution in [3.05, 3.63) is 35.4 Å². The van der Waals surface area contributed by atoms with Gasteiger partial charge in [0.15, 0.2) is 0 Å². The SMILES string of the molecule is CC(C)c1ccc(CC2CN(CC(=O)O)CCN(CC(=O)O)CCN(CC(=O)O)CCN2CC(=O)O)cc1. The first-order chi connectivity index (χ1) is 17.9. The molecular formula is C26H40N4O8. The van der Waals surface area contributed by atoms with Gasteiger partial charge in [0.2, 0.25) is 0 Å². The van der Waals surface area contributed by atoms with E-state index in [1.54, 1.807) is 19.6 Å². The van der Waals surface area contributed by atoms with E-state index in [-0.39, 0.29) is 78.0 Å². The predicted octanol–water partition coefficient (Wildman–Crippen LogP) is 0.281. The first-order valence-corrected chi connectivity index (χ1v) is 12.8. The summed E-state index contributed by atoms with van der Waals surface area (Å²) in [6.07, 6.45) is 0.472. The van der Waals surface area contributed by atoms with Gasteiger partial charge < -0.3 is 20.4 Å². The molecule has 0 amide bonds. The van der Waals surface area contributed by atoms with Gasteiger partial charge in [-0.1, -0.05) is 38.1 Å². The topological polar surface area (TPSA) is 162 Å². The zero-order valence-corrected chi connectivity index (χ0v) is 22.2. The third kappa shape index (κ3) is 11.5. The summed E-state index contributed by atoms with van der Waals surface area (Å²) in [6.45, 7) is 5.02. The summed E-state index contributed by atoms with van der Waals surface area (Å²) in [5.41, 5.74) is 2.15. The molecule has 0 bridgehead atoms. The van der Waals surface area contributed by atoms with Crippen molar-refractivity contribution >= 4 is 23.9 Å². The van der Waals surface area contributed by atoms with Crippen LogP contribution in [0, 0.1) is 0 Å². The molecule has 12 nitrogen and oxygen atoms in total. The van der Waals surface area contributed by atoms with Crippen LogP contribution in [0.4, 0.5) is 0 Å². The summed E-state index contributed by atoms with van der Waals surface area (Å²) in [6, 6.07) is 7.69. The maximum atomic E-state index is 11.8. The van der Waals surface area contributed by atoms with Crippen LogP contribution in [0.25, 0.3) is 0 Å². The van der Waals surface area contributed by atoms with Crippen molar-refractivity contribution in [1.29, 1.82) is 0 Å². The summed E-state index contributed by atoms with van der Waals surface area (Å²) in [7, 11) is 0. The standard InChI is InChI=1S/C26H40N4O8/c1-19(2)21-5-3-20(4-6-21)13-22-14-29(17-25(35)36)10-9-27(15-23(31)32)7-8-28(16-24(33)34)11-12-30(22)18-26(37)38/h3-6,19,22H,7-18H2,1-2H3,(H,31,32)(H,33,34)(H,35,36)(H,37,38). The predicted molar refractivity (Wildman–Crippen MR) is 139 cm³/mol. The fraction of sp³-hybridized carbons (Fsp3) is 0.615. The Morgan fingerprint density at radius 3 is 1.55 bits per heavy atom. The Kier molecular flexibility index (Phi) is 12.6. The van der Waals surface area contributed by atoms with E-state index < -0.39 is 23.9 Å². The quantitative estimate of drug-likeness (QED) is 0.306. The smallest absolute Gasteiger partial charge is 0.317 e. The molecule has 1 heterocycles. The molecule has 12 heteroatoms. The van der Waals surface area contributed by atoms with Gasteiger partial charge in [0, 0.05) is 51.9 Å². The zero-order valence-electron chi connectivity index (χ0n) is 22.2. The molecule has 212 valence electrons. The number of hydrogen-bond donors (Lipinski definition) is 4. The number of carboxylic acids is 4. The van der Waals surface area contributed by atoms with Gasteiger partial charge in [0.05, 0.1) is 26.2 Å². The Hall–Kier alpha value is -3.06. The fourth-order valence-electron chi connectivity index (χ4n) is 4.67. The fourth-order valence-corrected chi connectivity index (χ4v) is 4.67. The van der Waals surface area contributed by atoms with Crippen LogP contribution in [0.3, 0.4) is 0 Å². The molecule has 1 saturated heterocycles. The van der Waals surface area contributed by atoms with E-state index >= 15 is 0 Å². The van der Waals surface area contributed by atoms with Gasteiger partial charge >= 0.3 is 23.9 Å². The van der Waals surface area contributed by atoms with Crippen LogP contribution in [0.2, 0.25) is 0 Å². The van der Waals surface area contributed by atoms with E-state index in [1.807, 2.05) is 24.3 Å².